The molecule has 0 heterocycles. The Morgan fingerprint density at radius 1 is 0.806 bits per heavy atom. The van der Waals surface area contributed by atoms with Gasteiger partial charge >= 0.3 is 5.97 Å². The molecule has 0 fully saturated rings. The van der Waals surface area contributed by atoms with Crippen molar-refractivity contribution in [2.75, 3.05) is 7.11 Å². The van der Waals surface area contributed by atoms with E-state index in [0.29, 0.717) is 12.8 Å². The molecule has 2 aromatic carbocycles. The van der Waals surface area contributed by atoms with Crippen molar-refractivity contribution in [2.45, 2.75) is 84.0 Å². The number of methoxy groups -OCH3 is 1. The normalized spacial score (nSPS) is 12.6. The molecule has 2 rings (SSSR count). The Bertz CT molecular complexity index is 866. The molecule has 0 saturated carbocycles. The minimum atomic E-state index is -0.407. The lowest BCUT2D eigenvalue weighted by Gasteiger charge is -2.34. The van der Waals surface area contributed by atoms with Crippen LogP contribution in [-0.2, 0) is 25.8 Å². The van der Waals surface area contributed by atoms with Crippen molar-refractivity contribution in [2.24, 2.45) is 0 Å². The van der Waals surface area contributed by atoms with E-state index < -0.39 is 5.41 Å². The summed E-state index contributed by atoms with van der Waals surface area (Å²) in [5.41, 5.74) is 3.10. The fourth-order valence-electron chi connectivity index (χ4n) is 4.10. The van der Waals surface area contributed by atoms with Gasteiger partial charge in [-0.3, -0.25) is 4.79 Å². The van der Waals surface area contributed by atoms with Gasteiger partial charge in [0.15, 0.2) is 0 Å². The number of phenols is 2. The molecule has 0 spiro atoms. The molecule has 0 aliphatic carbocycles. The van der Waals surface area contributed by atoms with Gasteiger partial charge in [-0.1, -0.05) is 72.7 Å². The third kappa shape index (κ3) is 5.61. The van der Waals surface area contributed by atoms with Crippen molar-refractivity contribution < 1.29 is 19.7 Å². The number of rotatable bonds is 6. The second-order valence-corrected chi connectivity index (χ2v) is 10.7. The first-order chi connectivity index (χ1) is 14.2. The summed E-state index contributed by atoms with van der Waals surface area (Å²) in [7, 11) is 1.41. The first kappa shape index (κ1) is 24.8. The molecule has 0 unspecified atom stereocenters. The molecule has 31 heavy (non-hydrogen) atoms. The minimum Gasteiger partial charge on any atom is -0.508 e. The zero-order valence-corrected chi connectivity index (χ0v) is 20.3. The Morgan fingerprint density at radius 3 is 1.58 bits per heavy atom. The van der Waals surface area contributed by atoms with Gasteiger partial charge < -0.3 is 14.9 Å². The Labute approximate surface area is 187 Å². The fourth-order valence-corrected chi connectivity index (χ4v) is 4.10. The summed E-state index contributed by atoms with van der Waals surface area (Å²) in [6.45, 7) is 14.7. The summed E-state index contributed by atoms with van der Waals surface area (Å²) in [6, 6.07) is 11.6. The van der Waals surface area contributed by atoms with Gasteiger partial charge in [0.25, 0.3) is 0 Å². The van der Waals surface area contributed by atoms with Crippen molar-refractivity contribution in [1.29, 1.82) is 0 Å². The van der Waals surface area contributed by atoms with Crippen LogP contribution in [-0.4, -0.2) is 23.3 Å². The van der Waals surface area contributed by atoms with Crippen LogP contribution in [0, 0.1) is 0 Å². The Morgan fingerprint density at radius 2 is 1.23 bits per heavy atom. The molecule has 0 aromatic heterocycles. The van der Waals surface area contributed by atoms with E-state index in [2.05, 4.69) is 60.6 Å². The molecular weight excluding hydrogens is 388 g/mol. The average molecular weight is 427 g/mol. The van der Waals surface area contributed by atoms with Crippen LogP contribution in [0.25, 0.3) is 0 Å². The van der Waals surface area contributed by atoms with Crippen molar-refractivity contribution in [1.82, 2.24) is 0 Å². The number of aromatic hydroxyl groups is 2. The molecule has 0 amide bonds. The van der Waals surface area contributed by atoms with Crippen molar-refractivity contribution in [3.05, 3.63) is 58.7 Å². The van der Waals surface area contributed by atoms with Crippen molar-refractivity contribution in [3.8, 4) is 11.5 Å². The maximum atomic E-state index is 11.7. The standard InChI is InChI=1S/C27H38O4/c1-25(2,3)20-16-18(11-13-22(20)28)27(7,15-9-10-24(30)31-8)19-12-14-23(29)21(17-19)26(4,5)6/h11-14,16-17,28-29H,9-10,15H2,1-8H3. The van der Waals surface area contributed by atoms with E-state index in [9.17, 15) is 15.0 Å². The molecule has 0 atom stereocenters. The first-order valence-electron chi connectivity index (χ1n) is 10.9. The van der Waals surface area contributed by atoms with Gasteiger partial charge in [0.1, 0.15) is 11.5 Å². The zero-order valence-electron chi connectivity index (χ0n) is 20.3. The van der Waals surface area contributed by atoms with E-state index >= 15 is 0 Å². The summed E-state index contributed by atoms with van der Waals surface area (Å²) in [6.07, 6.45) is 1.74. The van der Waals surface area contributed by atoms with E-state index in [1.54, 1.807) is 12.1 Å². The van der Waals surface area contributed by atoms with Crippen LogP contribution in [0.2, 0.25) is 0 Å². The highest BCUT2D eigenvalue weighted by molar-refractivity contribution is 5.69. The first-order valence-corrected chi connectivity index (χ1v) is 10.9. The second-order valence-electron chi connectivity index (χ2n) is 10.7. The SMILES string of the molecule is COC(=O)CCCC(C)(c1ccc(O)c(C(C)(C)C)c1)c1ccc(O)c(C(C)(C)C)c1. The highest BCUT2D eigenvalue weighted by atomic mass is 16.5. The lowest BCUT2D eigenvalue weighted by atomic mass is 9.70. The van der Waals surface area contributed by atoms with Gasteiger partial charge in [-0.05, 0) is 58.1 Å². The molecule has 0 aliphatic rings. The molecule has 170 valence electrons. The molecule has 2 N–H and O–H groups in total. The summed E-state index contributed by atoms with van der Waals surface area (Å²) in [5, 5.41) is 21.0. The molecule has 0 saturated heterocycles. The summed E-state index contributed by atoms with van der Waals surface area (Å²) in [4.78, 5) is 11.7. The molecule has 4 heteroatoms. The number of benzene rings is 2. The lowest BCUT2D eigenvalue weighted by Crippen LogP contribution is -2.26. The monoisotopic (exact) mass is 426 g/mol. The maximum Gasteiger partial charge on any atom is 0.305 e. The van der Waals surface area contributed by atoms with Gasteiger partial charge in [-0.25, -0.2) is 0 Å². The van der Waals surface area contributed by atoms with Crippen LogP contribution < -0.4 is 0 Å². The number of esters is 1. The van der Waals surface area contributed by atoms with E-state index in [1.165, 1.54) is 7.11 Å². The minimum absolute atomic E-state index is 0.210. The van der Waals surface area contributed by atoms with Crippen LogP contribution in [0.3, 0.4) is 0 Å². The third-order valence-electron chi connectivity index (χ3n) is 6.17. The average Bonchev–Trinajstić information content (AvgIpc) is 2.66. The third-order valence-corrected chi connectivity index (χ3v) is 6.17. The maximum absolute atomic E-state index is 11.7. The number of hydrogen-bond donors (Lipinski definition) is 2. The predicted molar refractivity (Wildman–Crippen MR) is 126 cm³/mol. The number of hydrogen-bond acceptors (Lipinski definition) is 4. The Hall–Kier alpha value is -2.49. The molecule has 4 nitrogen and oxygen atoms in total. The van der Waals surface area contributed by atoms with E-state index in [-0.39, 0.29) is 28.3 Å². The van der Waals surface area contributed by atoms with E-state index in [0.717, 1.165) is 28.7 Å². The second kappa shape index (κ2) is 8.94. The highest BCUT2D eigenvalue weighted by Crippen LogP contribution is 2.43. The number of ether oxygens (including phenoxy) is 1. The molecule has 0 bridgehead atoms. The quantitative estimate of drug-likeness (QED) is 0.529. The summed E-state index contributed by atoms with van der Waals surface area (Å²) < 4.78 is 4.83. The predicted octanol–water partition coefficient (Wildman–Crippen LogP) is 6.34. The van der Waals surface area contributed by atoms with Gasteiger partial charge in [-0.15, -0.1) is 0 Å². The van der Waals surface area contributed by atoms with Crippen molar-refractivity contribution in [3.63, 3.8) is 0 Å². The van der Waals surface area contributed by atoms with Gasteiger partial charge in [0, 0.05) is 11.8 Å². The number of carbonyl (C=O) groups excluding carboxylic acids is 1. The molecule has 0 radical (unpaired) electrons. The van der Waals surface area contributed by atoms with Crippen LogP contribution >= 0.6 is 0 Å². The van der Waals surface area contributed by atoms with E-state index in [4.69, 9.17) is 4.74 Å². The van der Waals surface area contributed by atoms with Gasteiger partial charge in [0.05, 0.1) is 7.11 Å². The summed E-state index contributed by atoms with van der Waals surface area (Å²) in [5.74, 6) is 0.355. The smallest absolute Gasteiger partial charge is 0.305 e. The largest absolute Gasteiger partial charge is 0.508 e. The highest BCUT2D eigenvalue weighted by Gasteiger charge is 2.32. The van der Waals surface area contributed by atoms with Crippen molar-refractivity contribution >= 4 is 5.97 Å². The lowest BCUT2D eigenvalue weighted by molar-refractivity contribution is -0.140. The molecule has 0 aliphatic heterocycles. The van der Waals surface area contributed by atoms with Crippen LogP contribution in [0.5, 0.6) is 11.5 Å². The fraction of sp³-hybridized carbons (Fsp3) is 0.519. The van der Waals surface area contributed by atoms with Crippen LogP contribution in [0.15, 0.2) is 36.4 Å². The molecular formula is C27H38O4. The van der Waals surface area contributed by atoms with Gasteiger partial charge in [0.2, 0.25) is 0 Å². The topological polar surface area (TPSA) is 66.8 Å². The van der Waals surface area contributed by atoms with Crippen LogP contribution in [0.4, 0.5) is 0 Å². The van der Waals surface area contributed by atoms with E-state index in [1.807, 2.05) is 12.1 Å². The Kier molecular flexibility index (Phi) is 7.14. The number of carbonyl (C=O) groups is 1. The number of phenolic OH excluding ortho intramolecular Hbond substituents is 2. The van der Waals surface area contributed by atoms with Gasteiger partial charge in [-0.2, -0.15) is 0 Å². The Balaban J connectivity index is 2.64. The summed E-state index contributed by atoms with van der Waals surface area (Å²) >= 11 is 0. The van der Waals surface area contributed by atoms with Crippen LogP contribution in [0.1, 0.15) is 90.0 Å². The molecule has 2 aromatic rings. The zero-order chi connectivity index (χ0) is 23.6.